The molecule has 0 saturated carbocycles. The summed E-state index contributed by atoms with van der Waals surface area (Å²) in [6.07, 6.45) is 0.957. The predicted molar refractivity (Wildman–Crippen MR) is 84.8 cm³/mol. The van der Waals surface area contributed by atoms with Crippen molar-refractivity contribution in [1.29, 1.82) is 5.26 Å². The first-order chi connectivity index (χ1) is 11.9. The number of carbonyl (C=O) groups excluding carboxylic acids is 2. The molecular weight excluding hydrogens is 330 g/mol. The number of pyridine rings is 1. The molecule has 0 spiro atoms. The maximum Gasteiger partial charge on any atom is 0.268 e. The fourth-order valence-electron chi connectivity index (χ4n) is 2.77. The van der Waals surface area contributed by atoms with Crippen LogP contribution in [0.1, 0.15) is 16.8 Å². The maximum atomic E-state index is 13.4. The second-order valence-electron chi connectivity index (χ2n) is 5.82. The Kier molecular flexibility index (Phi) is 4.31. The summed E-state index contributed by atoms with van der Waals surface area (Å²) >= 11 is 0. The number of aromatic nitrogens is 1. The van der Waals surface area contributed by atoms with E-state index in [1.165, 1.54) is 0 Å². The van der Waals surface area contributed by atoms with Crippen LogP contribution in [0.2, 0.25) is 0 Å². The molecule has 0 aliphatic carbocycles. The Morgan fingerprint density at radius 2 is 2.20 bits per heavy atom. The summed E-state index contributed by atoms with van der Waals surface area (Å²) < 4.78 is 26.7. The second-order valence-corrected chi connectivity index (χ2v) is 5.82. The molecule has 2 heterocycles. The molecule has 1 atom stereocenters. The molecule has 2 aromatic rings. The first-order valence-electron chi connectivity index (χ1n) is 7.59. The lowest BCUT2D eigenvalue weighted by atomic mass is 10.1. The third kappa shape index (κ3) is 3.55. The third-order valence-electron chi connectivity index (χ3n) is 4.00. The number of hydrogen-bond acceptors (Lipinski definition) is 4. The van der Waals surface area contributed by atoms with Gasteiger partial charge in [-0.05, 0) is 24.3 Å². The van der Waals surface area contributed by atoms with E-state index < -0.39 is 43.3 Å². The molecule has 1 unspecified atom stereocenters. The fraction of sp³-hybridized carbons (Fsp3) is 0.294. The van der Waals surface area contributed by atoms with Crippen LogP contribution in [0.4, 0.5) is 8.78 Å². The van der Waals surface area contributed by atoms with Crippen molar-refractivity contribution in [2.24, 2.45) is 0 Å². The highest BCUT2D eigenvalue weighted by Crippen LogP contribution is 2.31. The van der Waals surface area contributed by atoms with Crippen molar-refractivity contribution in [2.75, 3.05) is 13.1 Å². The average Bonchev–Trinajstić information content (AvgIpc) is 2.93. The first-order valence-corrected chi connectivity index (χ1v) is 7.59. The molecule has 1 aromatic carbocycles. The standard InChI is InChI=1S/C17H14F2N4O2/c18-17(19)7-13(8-20)23(10-17)15(24)9-22-16(25)12-3-4-14-11(6-12)2-1-5-21-14/h1-6,13H,7,9-10H2,(H,22,25). The highest BCUT2D eigenvalue weighted by atomic mass is 19.3. The molecule has 1 aromatic heterocycles. The van der Waals surface area contributed by atoms with E-state index in [9.17, 15) is 18.4 Å². The number of nitriles is 1. The van der Waals surface area contributed by atoms with Gasteiger partial charge in [-0.25, -0.2) is 8.78 Å². The van der Waals surface area contributed by atoms with Gasteiger partial charge in [-0.2, -0.15) is 5.26 Å². The Bertz CT molecular complexity index is 878. The highest BCUT2D eigenvalue weighted by molar-refractivity contribution is 5.99. The molecule has 1 saturated heterocycles. The second kappa shape index (κ2) is 6.43. The molecule has 1 aliphatic heterocycles. The molecule has 8 heteroatoms. The lowest BCUT2D eigenvalue weighted by Gasteiger charge is -2.19. The minimum absolute atomic E-state index is 0.330. The number of likely N-dealkylation sites (tertiary alicyclic amines) is 1. The minimum Gasteiger partial charge on any atom is -0.343 e. The molecule has 2 amide bonds. The van der Waals surface area contributed by atoms with Gasteiger partial charge < -0.3 is 10.2 Å². The first kappa shape index (κ1) is 16.8. The zero-order valence-electron chi connectivity index (χ0n) is 13.1. The van der Waals surface area contributed by atoms with Crippen LogP contribution >= 0.6 is 0 Å². The normalized spacial score (nSPS) is 18.8. The van der Waals surface area contributed by atoms with Crippen molar-refractivity contribution in [1.82, 2.24) is 15.2 Å². The molecule has 0 radical (unpaired) electrons. The number of nitrogens with one attached hydrogen (secondary N) is 1. The number of alkyl halides is 2. The molecule has 0 bridgehead atoms. The van der Waals surface area contributed by atoms with Crippen LogP contribution in [-0.4, -0.2) is 46.8 Å². The van der Waals surface area contributed by atoms with Gasteiger partial charge in [-0.3, -0.25) is 14.6 Å². The van der Waals surface area contributed by atoms with Gasteiger partial charge in [0, 0.05) is 23.6 Å². The van der Waals surface area contributed by atoms with E-state index in [2.05, 4.69) is 10.3 Å². The molecule has 128 valence electrons. The van der Waals surface area contributed by atoms with E-state index in [-0.39, 0.29) is 0 Å². The van der Waals surface area contributed by atoms with Gasteiger partial charge in [0.15, 0.2) is 0 Å². The zero-order chi connectivity index (χ0) is 18.0. The number of amides is 2. The van der Waals surface area contributed by atoms with E-state index in [1.807, 2.05) is 0 Å². The maximum absolute atomic E-state index is 13.4. The summed E-state index contributed by atoms with van der Waals surface area (Å²) in [7, 11) is 0. The number of carbonyl (C=O) groups is 2. The Morgan fingerprint density at radius 3 is 2.96 bits per heavy atom. The van der Waals surface area contributed by atoms with Gasteiger partial charge in [0.1, 0.15) is 6.04 Å². The largest absolute Gasteiger partial charge is 0.343 e. The van der Waals surface area contributed by atoms with Crippen LogP contribution in [-0.2, 0) is 4.79 Å². The van der Waals surface area contributed by atoms with Gasteiger partial charge in [0.25, 0.3) is 11.8 Å². The molecule has 3 rings (SSSR count). The van der Waals surface area contributed by atoms with Crippen molar-refractivity contribution in [2.45, 2.75) is 18.4 Å². The van der Waals surface area contributed by atoms with Crippen molar-refractivity contribution in [3.8, 4) is 6.07 Å². The quantitative estimate of drug-likeness (QED) is 0.919. The number of benzene rings is 1. The average molecular weight is 344 g/mol. The summed E-state index contributed by atoms with van der Waals surface area (Å²) in [5.41, 5.74) is 1.06. The van der Waals surface area contributed by atoms with Gasteiger partial charge >= 0.3 is 0 Å². The molecule has 1 fully saturated rings. The van der Waals surface area contributed by atoms with Crippen molar-refractivity contribution in [3.05, 3.63) is 42.1 Å². The van der Waals surface area contributed by atoms with E-state index in [0.717, 1.165) is 15.8 Å². The van der Waals surface area contributed by atoms with E-state index >= 15 is 0 Å². The number of hydrogen-bond donors (Lipinski definition) is 1. The number of fused-ring (bicyclic) bond motifs is 1. The van der Waals surface area contributed by atoms with Gasteiger partial charge in [0.05, 0.1) is 24.7 Å². The van der Waals surface area contributed by atoms with Crippen molar-refractivity contribution < 1.29 is 18.4 Å². The molecule has 25 heavy (non-hydrogen) atoms. The van der Waals surface area contributed by atoms with Crippen LogP contribution < -0.4 is 5.32 Å². The van der Waals surface area contributed by atoms with E-state index in [0.29, 0.717) is 5.56 Å². The number of nitrogens with zero attached hydrogens (tertiary/aromatic N) is 3. The summed E-state index contributed by atoms with van der Waals surface area (Å²) in [6, 6.07) is 8.93. The topological polar surface area (TPSA) is 86.1 Å². The minimum atomic E-state index is -3.08. The van der Waals surface area contributed by atoms with E-state index in [1.54, 1.807) is 42.6 Å². The van der Waals surface area contributed by atoms with Gasteiger partial charge in [0.2, 0.25) is 5.91 Å². The van der Waals surface area contributed by atoms with Gasteiger partial charge in [-0.15, -0.1) is 0 Å². The van der Waals surface area contributed by atoms with Crippen molar-refractivity contribution >= 4 is 22.7 Å². The summed E-state index contributed by atoms with van der Waals surface area (Å²) in [5, 5.41) is 12.1. The van der Waals surface area contributed by atoms with Crippen LogP contribution in [0, 0.1) is 11.3 Å². The molecule has 6 nitrogen and oxygen atoms in total. The lowest BCUT2D eigenvalue weighted by Crippen LogP contribution is -2.42. The summed E-state index contributed by atoms with van der Waals surface area (Å²) in [4.78, 5) is 29.2. The monoisotopic (exact) mass is 344 g/mol. The summed E-state index contributed by atoms with van der Waals surface area (Å²) in [6.45, 7) is -1.25. The number of halogens is 2. The summed E-state index contributed by atoms with van der Waals surface area (Å²) in [5.74, 6) is -4.29. The van der Waals surface area contributed by atoms with Crippen LogP contribution in [0.15, 0.2) is 36.5 Å². The van der Waals surface area contributed by atoms with Crippen LogP contribution in [0.25, 0.3) is 10.9 Å². The van der Waals surface area contributed by atoms with Crippen LogP contribution in [0.3, 0.4) is 0 Å². The van der Waals surface area contributed by atoms with Gasteiger partial charge in [-0.1, -0.05) is 6.07 Å². The SMILES string of the molecule is N#CC1CC(F)(F)CN1C(=O)CNC(=O)c1ccc2ncccc2c1. The highest BCUT2D eigenvalue weighted by Gasteiger charge is 2.47. The Balaban J connectivity index is 1.65. The predicted octanol–water partition coefficient (Wildman–Crippen LogP) is 1.72. The fourth-order valence-corrected chi connectivity index (χ4v) is 2.77. The van der Waals surface area contributed by atoms with E-state index in [4.69, 9.17) is 5.26 Å². The Labute approximate surface area is 142 Å². The Hall–Kier alpha value is -3.08. The Morgan fingerprint density at radius 1 is 1.40 bits per heavy atom. The lowest BCUT2D eigenvalue weighted by molar-refractivity contribution is -0.131. The van der Waals surface area contributed by atoms with Crippen LogP contribution in [0.5, 0.6) is 0 Å². The third-order valence-corrected chi connectivity index (χ3v) is 4.00. The molecule has 1 N–H and O–H groups in total. The zero-order valence-corrected chi connectivity index (χ0v) is 13.1. The number of rotatable bonds is 3. The molecule has 1 aliphatic rings. The van der Waals surface area contributed by atoms with Crippen molar-refractivity contribution in [3.63, 3.8) is 0 Å². The molecular formula is C17H14F2N4O2. The smallest absolute Gasteiger partial charge is 0.268 e.